The highest BCUT2D eigenvalue weighted by Gasteiger charge is 2.32. The number of aliphatic hydroxyl groups is 1. The van der Waals surface area contributed by atoms with Gasteiger partial charge >= 0.3 is 0 Å². The number of aromatic nitrogens is 2. The maximum Gasteiger partial charge on any atom is 0.233 e. The average molecular weight is 315 g/mol. The van der Waals surface area contributed by atoms with E-state index in [1.807, 2.05) is 0 Å². The Morgan fingerprint density at radius 1 is 1.45 bits per heavy atom. The van der Waals surface area contributed by atoms with Crippen molar-refractivity contribution in [2.75, 3.05) is 11.5 Å². The number of halogens is 2. The standard InChI is InChI=1S/C13H12ClFN2O2S/c14-10-4-8(15)2-1-7(10)3-12-16-13(19-17-12)9-5-20-6-11(9)18/h1-2,4,9,11,18H,3,5-6H2. The summed E-state index contributed by atoms with van der Waals surface area (Å²) in [6.07, 6.45) is -0.0684. The SMILES string of the molecule is OC1CSCC1c1nc(Cc2ccc(F)cc2Cl)no1. The monoisotopic (exact) mass is 314 g/mol. The van der Waals surface area contributed by atoms with Gasteiger partial charge in [0.2, 0.25) is 5.89 Å². The normalized spacial score (nSPS) is 22.4. The molecule has 3 rings (SSSR count). The molecule has 0 aliphatic carbocycles. The highest BCUT2D eigenvalue weighted by Crippen LogP contribution is 2.32. The lowest BCUT2D eigenvalue weighted by Crippen LogP contribution is -2.15. The Kier molecular flexibility index (Phi) is 3.96. The first-order valence-corrected chi connectivity index (χ1v) is 7.69. The van der Waals surface area contributed by atoms with Crippen molar-refractivity contribution in [3.05, 3.63) is 46.3 Å². The number of nitrogens with zero attached hydrogens (tertiary/aromatic N) is 2. The van der Waals surface area contributed by atoms with E-state index in [0.717, 1.165) is 11.3 Å². The van der Waals surface area contributed by atoms with Gasteiger partial charge in [-0.05, 0) is 17.7 Å². The molecule has 0 radical (unpaired) electrons. The average Bonchev–Trinajstić information content (AvgIpc) is 3.01. The molecule has 1 N–H and O–H groups in total. The summed E-state index contributed by atoms with van der Waals surface area (Å²) in [5.41, 5.74) is 0.738. The van der Waals surface area contributed by atoms with E-state index in [9.17, 15) is 9.50 Å². The number of benzene rings is 1. The molecule has 4 nitrogen and oxygen atoms in total. The number of rotatable bonds is 3. The zero-order chi connectivity index (χ0) is 14.1. The molecule has 0 spiro atoms. The van der Waals surface area contributed by atoms with Gasteiger partial charge in [-0.15, -0.1) is 0 Å². The van der Waals surface area contributed by atoms with Gasteiger partial charge in [0, 0.05) is 22.9 Å². The highest BCUT2D eigenvalue weighted by molar-refractivity contribution is 7.99. The fourth-order valence-electron chi connectivity index (χ4n) is 2.10. The molecule has 0 bridgehead atoms. The zero-order valence-corrected chi connectivity index (χ0v) is 12.0. The van der Waals surface area contributed by atoms with Crippen LogP contribution in [-0.2, 0) is 6.42 Å². The minimum absolute atomic E-state index is 0.107. The van der Waals surface area contributed by atoms with Crippen molar-refractivity contribution in [2.24, 2.45) is 0 Å². The predicted octanol–water partition coefficient (Wildman–Crippen LogP) is 2.64. The van der Waals surface area contributed by atoms with Crippen LogP contribution in [0.2, 0.25) is 5.02 Å². The molecule has 106 valence electrons. The topological polar surface area (TPSA) is 59.2 Å². The Bertz CT molecular complexity index is 622. The third-order valence-corrected chi connectivity index (χ3v) is 4.74. The Morgan fingerprint density at radius 2 is 2.30 bits per heavy atom. The molecule has 1 aromatic heterocycles. The molecule has 0 amide bonds. The smallest absolute Gasteiger partial charge is 0.233 e. The minimum Gasteiger partial charge on any atom is -0.391 e. The van der Waals surface area contributed by atoms with Crippen molar-refractivity contribution in [3.8, 4) is 0 Å². The van der Waals surface area contributed by atoms with Crippen molar-refractivity contribution in [1.29, 1.82) is 0 Å². The molecule has 1 aliphatic heterocycles. The summed E-state index contributed by atoms with van der Waals surface area (Å²) in [4.78, 5) is 4.30. The van der Waals surface area contributed by atoms with Crippen LogP contribution in [0.1, 0.15) is 23.2 Å². The summed E-state index contributed by atoms with van der Waals surface area (Å²) < 4.78 is 18.2. The Balaban J connectivity index is 1.77. The van der Waals surface area contributed by atoms with E-state index in [1.54, 1.807) is 17.8 Å². The van der Waals surface area contributed by atoms with E-state index in [-0.39, 0.29) is 11.7 Å². The second-order valence-electron chi connectivity index (χ2n) is 4.67. The molecule has 2 aromatic rings. The molecular weight excluding hydrogens is 303 g/mol. The molecule has 2 heterocycles. The highest BCUT2D eigenvalue weighted by atomic mass is 35.5. The van der Waals surface area contributed by atoms with Crippen molar-refractivity contribution in [2.45, 2.75) is 18.4 Å². The summed E-state index contributed by atoms with van der Waals surface area (Å²) in [6, 6.07) is 4.21. The van der Waals surface area contributed by atoms with Crippen LogP contribution in [0.15, 0.2) is 22.7 Å². The largest absolute Gasteiger partial charge is 0.391 e. The molecule has 2 atom stereocenters. The van der Waals surface area contributed by atoms with Crippen LogP contribution in [0.25, 0.3) is 0 Å². The van der Waals surface area contributed by atoms with Crippen LogP contribution in [0, 0.1) is 5.82 Å². The summed E-state index contributed by atoms with van der Waals surface area (Å²) in [5.74, 6) is 1.92. The molecule has 1 saturated heterocycles. The van der Waals surface area contributed by atoms with Gasteiger partial charge < -0.3 is 9.63 Å². The molecular formula is C13H12ClFN2O2S. The van der Waals surface area contributed by atoms with Gasteiger partial charge in [-0.2, -0.15) is 16.7 Å². The van der Waals surface area contributed by atoms with E-state index in [4.69, 9.17) is 16.1 Å². The van der Waals surface area contributed by atoms with Crippen molar-refractivity contribution in [3.63, 3.8) is 0 Å². The van der Waals surface area contributed by atoms with Crippen LogP contribution in [0.4, 0.5) is 4.39 Å². The molecule has 1 aromatic carbocycles. The van der Waals surface area contributed by atoms with Crippen molar-refractivity contribution in [1.82, 2.24) is 10.1 Å². The van der Waals surface area contributed by atoms with Crippen molar-refractivity contribution >= 4 is 23.4 Å². The van der Waals surface area contributed by atoms with E-state index < -0.39 is 6.10 Å². The lowest BCUT2D eigenvalue weighted by atomic mass is 10.1. The van der Waals surface area contributed by atoms with Crippen LogP contribution in [0.5, 0.6) is 0 Å². The second-order valence-corrected chi connectivity index (χ2v) is 6.15. The van der Waals surface area contributed by atoms with E-state index in [2.05, 4.69) is 10.1 Å². The molecule has 20 heavy (non-hydrogen) atoms. The Labute approximate surface area is 124 Å². The fraction of sp³-hybridized carbons (Fsp3) is 0.385. The summed E-state index contributed by atoms with van der Waals surface area (Å²) in [5, 5.41) is 14.0. The Morgan fingerprint density at radius 3 is 3.00 bits per heavy atom. The van der Waals surface area contributed by atoms with Gasteiger partial charge in [-0.3, -0.25) is 0 Å². The maximum absolute atomic E-state index is 13.0. The van der Waals surface area contributed by atoms with Gasteiger partial charge in [0.15, 0.2) is 5.82 Å². The van der Waals surface area contributed by atoms with E-state index in [1.165, 1.54) is 12.1 Å². The lowest BCUT2D eigenvalue weighted by molar-refractivity contribution is 0.164. The first-order valence-electron chi connectivity index (χ1n) is 6.15. The predicted molar refractivity (Wildman–Crippen MR) is 74.6 cm³/mol. The molecule has 1 aliphatic rings. The van der Waals surface area contributed by atoms with Crippen LogP contribution < -0.4 is 0 Å². The van der Waals surface area contributed by atoms with Crippen molar-refractivity contribution < 1.29 is 14.0 Å². The number of hydrogen-bond donors (Lipinski definition) is 1. The van der Waals surface area contributed by atoms with Crippen LogP contribution >= 0.6 is 23.4 Å². The number of aliphatic hydroxyl groups excluding tert-OH is 1. The summed E-state index contributed by atoms with van der Waals surface area (Å²) in [6.45, 7) is 0. The van der Waals surface area contributed by atoms with E-state index in [0.29, 0.717) is 28.9 Å². The summed E-state index contributed by atoms with van der Waals surface area (Å²) in [7, 11) is 0. The molecule has 0 saturated carbocycles. The molecule has 2 unspecified atom stereocenters. The quantitative estimate of drug-likeness (QED) is 0.944. The first-order chi connectivity index (χ1) is 9.63. The summed E-state index contributed by atoms with van der Waals surface area (Å²) >= 11 is 7.63. The van der Waals surface area contributed by atoms with Gasteiger partial charge in [0.1, 0.15) is 5.82 Å². The third kappa shape index (κ3) is 2.82. The van der Waals surface area contributed by atoms with Gasteiger partial charge in [0.05, 0.1) is 12.0 Å². The first kappa shape index (κ1) is 13.9. The van der Waals surface area contributed by atoms with Crippen LogP contribution in [-0.4, -0.2) is 32.9 Å². The molecule has 7 heteroatoms. The van der Waals surface area contributed by atoms with Gasteiger partial charge in [-0.25, -0.2) is 4.39 Å². The van der Waals surface area contributed by atoms with Gasteiger partial charge in [0.25, 0.3) is 0 Å². The lowest BCUT2D eigenvalue weighted by Gasteiger charge is -2.06. The minimum atomic E-state index is -0.442. The second kappa shape index (κ2) is 5.71. The third-order valence-electron chi connectivity index (χ3n) is 3.22. The number of hydrogen-bond acceptors (Lipinski definition) is 5. The zero-order valence-electron chi connectivity index (χ0n) is 10.4. The number of thioether (sulfide) groups is 1. The van der Waals surface area contributed by atoms with Crippen LogP contribution in [0.3, 0.4) is 0 Å². The maximum atomic E-state index is 13.0. The molecule has 1 fully saturated rings. The Hall–Kier alpha value is -1.11. The van der Waals surface area contributed by atoms with Gasteiger partial charge in [-0.1, -0.05) is 22.8 Å². The van der Waals surface area contributed by atoms with E-state index >= 15 is 0 Å². The fourth-order valence-corrected chi connectivity index (χ4v) is 3.57.